The molecule has 0 aliphatic heterocycles. The number of amides is 1. The Hall–Kier alpha value is -2.09. The third-order valence-corrected chi connectivity index (χ3v) is 5.70. The average molecular weight is 350 g/mol. The molecule has 2 heteroatoms. The number of benzene rings is 2. The highest BCUT2D eigenvalue weighted by Crippen LogP contribution is 2.32. The first-order valence-electron chi connectivity index (χ1n) is 10.2. The molecule has 1 aliphatic rings. The SMILES string of the molecule is CC[C@@H](CC1CCCCC1)C(=O)N(Cc1ccccc1)c1ccccc1. The summed E-state index contributed by atoms with van der Waals surface area (Å²) in [5.74, 6) is 1.14. The Morgan fingerprint density at radius 3 is 2.19 bits per heavy atom. The molecule has 3 rings (SSSR count). The molecule has 0 saturated heterocycles. The van der Waals surface area contributed by atoms with E-state index in [1.807, 2.05) is 53.4 Å². The van der Waals surface area contributed by atoms with Crippen LogP contribution in [-0.4, -0.2) is 5.91 Å². The molecular weight excluding hydrogens is 318 g/mol. The number of carbonyl (C=O) groups is 1. The molecule has 0 aromatic heterocycles. The first kappa shape index (κ1) is 18.7. The van der Waals surface area contributed by atoms with Gasteiger partial charge in [0.2, 0.25) is 5.91 Å². The molecule has 2 aromatic rings. The fourth-order valence-electron chi connectivity index (χ4n) is 4.16. The van der Waals surface area contributed by atoms with Crippen LogP contribution in [0.15, 0.2) is 60.7 Å². The Morgan fingerprint density at radius 1 is 0.962 bits per heavy atom. The highest BCUT2D eigenvalue weighted by atomic mass is 16.2. The molecule has 0 radical (unpaired) electrons. The van der Waals surface area contributed by atoms with E-state index in [0.29, 0.717) is 6.54 Å². The number of carbonyl (C=O) groups excluding carboxylic acids is 1. The number of hydrogen-bond acceptors (Lipinski definition) is 1. The normalized spacial score (nSPS) is 16.2. The summed E-state index contributed by atoms with van der Waals surface area (Å²) in [5, 5.41) is 0. The van der Waals surface area contributed by atoms with Crippen LogP contribution in [0.3, 0.4) is 0 Å². The van der Waals surface area contributed by atoms with E-state index in [-0.39, 0.29) is 11.8 Å². The van der Waals surface area contributed by atoms with Gasteiger partial charge in [0.15, 0.2) is 0 Å². The molecule has 1 amide bonds. The topological polar surface area (TPSA) is 20.3 Å². The summed E-state index contributed by atoms with van der Waals surface area (Å²) in [6.07, 6.45) is 8.61. The molecule has 0 bridgehead atoms. The van der Waals surface area contributed by atoms with Gasteiger partial charge in [-0.25, -0.2) is 0 Å². The summed E-state index contributed by atoms with van der Waals surface area (Å²) >= 11 is 0. The Balaban J connectivity index is 1.78. The number of nitrogens with zero attached hydrogens (tertiary/aromatic N) is 1. The van der Waals surface area contributed by atoms with Crippen LogP contribution in [-0.2, 0) is 11.3 Å². The third kappa shape index (κ3) is 4.97. The van der Waals surface area contributed by atoms with E-state index in [0.717, 1.165) is 24.4 Å². The van der Waals surface area contributed by atoms with Crippen molar-refractivity contribution in [2.75, 3.05) is 4.90 Å². The number of rotatable bonds is 7. The summed E-state index contributed by atoms with van der Waals surface area (Å²) in [7, 11) is 0. The molecule has 2 nitrogen and oxygen atoms in total. The van der Waals surface area contributed by atoms with Crippen LogP contribution in [0.4, 0.5) is 5.69 Å². The van der Waals surface area contributed by atoms with Crippen molar-refractivity contribution in [2.45, 2.75) is 58.4 Å². The minimum Gasteiger partial charge on any atom is -0.308 e. The smallest absolute Gasteiger partial charge is 0.230 e. The Morgan fingerprint density at radius 2 is 1.58 bits per heavy atom. The lowest BCUT2D eigenvalue weighted by Crippen LogP contribution is -2.36. The van der Waals surface area contributed by atoms with Crippen LogP contribution < -0.4 is 4.90 Å². The molecule has 1 fully saturated rings. The first-order chi connectivity index (χ1) is 12.8. The van der Waals surface area contributed by atoms with E-state index >= 15 is 0 Å². The van der Waals surface area contributed by atoms with Crippen molar-refractivity contribution in [2.24, 2.45) is 11.8 Å². The first-order valence-corrected chi connectivity index (χ1v) is 10.2. The number of hydrogen-bond donors (Lipinski definition) is 0. The van der Waals surface area contributed by atoms with Gasteiger partial charge in [0, 0.05) is 11.6 Å². The zero-order chi connectivity index (χ0) is 18.2. The monoisotopic (exact) mass is 349 g/mol. The number of anilines is 1. The van der Waals surface area contributed by atoms with E-state index in [9.17, 15) is 4.79 Å². The van der Waals surface area contributed by atoms with Gasteiger partial charge in [-0.3, -0.25) is 4.79 Å². The molecule has 138 valence electrons. The summed E-state index contributed by atoms with van der Waals surface area (Å²) in [6.45, 7) is 2.81. The Labute approximate surface area is 158 Å². The maximum atomic E-state index is 13.5. The van der Waals surface area contributed by atoms with Crippen LogP contribution in [0, 0.1) is 11.8 Å². The summed E-state index contributed by atoms with van der Waals surface area (Å²) in [5.41, 5.74) is 2.18. The molecule has 1 saturated carbocycles. The molecule has 26 heavy (non-hydrogen) atoms. The lowest BCUT2D eigenvalue weighted by Gasteiger charge is -2.30. The second-order valence-electron chi connectivity index (χ2n) is 7.59. The predicted molar refractivity (Wildman–Crippen MR) is 109 cm³/mol. The zero-order valence-corrected chi connectivity index (χ0v) is 15.9. The summed E-state index contributed by atoms with van der Waals surface area (Å²) in [6, 6.07) is 20.5. The average Bonchev–Trinajstić information content (AvgIpc) is 2.72. The van der Waals surface area contributed by atoms with Gasteiger partial charge in [-0.2, -0.15) is 0 Å². The van der Waals surface area contributed by atoms with Crippen LogP contribution in [0.2, 0.25) is 0 Å². The van der Waals surface area contributed by atoms with Gasteiger partial charge in [-0.1, -0.05) is 87.6 Å². The fourth-order valence-corrected chi connectivity index (χ4v) is 4.16. The highest BCUT2D eigenvalue weighted by molar-refractivity contribution is 5.94. The molecule has 0 heterocycles. The van der Waals surface area contributed by atoms with Gasteiger partial charge in [-0.15, -0.1) is 0 Å². The van der Waals surface area contributed by atoms with Gasteiger partial charge in [0.1, 0.15) is 0 Å². The molecule has 0 spiro atoms. The number of para-hydroxylation sites is 1. The van der Waals surface area contributed by atoms with Crippen molar-refractivity contribution in [1.29, 1.82) is 0 Å². The van der Waals surface area contributed by atoms with Crippen molar-refractivity contribution in [3.05, 3.63) is 66.2 Å². The molecular formula is C24H31NO. The maximum absolute atomic E-state index is 13.5. The van der Waals surface area contributed by atoms with E-state index in [4.69, 9.17) is 0 Å². The predicted octanol–water partition coefficient (Wildman–Crippen LogP) is 6.22. The molecule has 1 aliphatic carbocycles. The van der Waals surface area contributed by atoms with Gasteiger partial charge in [0.25, 0.3) is 0 Å². The third-order valence-electron chi connectivity index (χ3n) is 5.70. The minimum absolute atomic E-state index is 0.127. The second kappa shape index (κ2) is 9.56. The molecule has 2 aromatic carbocycles. The lowest BCUT2D eigenvalue weighted by molar-refractivity contribution is -0.123. The van der Waals surface area contributed by atoms with E-state index in [2.05, 4.69) is 19.1 Å². The highest BCUT2D eigenvalue weighted by Gasteiger charge is 2.27. The second-order valence-corrected chi connectivity index (χ2v) is 7.59. The Kier molecular flexibility index (Phi) is 6.88. The van der Waals surface area contributed by atoms with Crippen LogP contribution in [0.1, 0.15) is 57.4 Å². The lowest BCUT2D eigenvalue weighted by atomic mass is 9.81. The van der Waals surface area contributed by atoms with Crippen molar-refractivity contribution >= 4 is 11.6 Å². The van der Waals surface area contributed by atoms with Gasteiger partial charge in [-0.05, 0) is 36.5 Å². The summed E-state index contributed by atoms with van der Waals surface area (Å²) in [4.78, 5) is 15.5. The van der Waals surface area contributed by atoms with E-state index < -0.39 is 0 Å². The van der Waals surface area contributed by atoms with Gasteiger partial charge >= 0.3 is 0 Å². The van der Waals surface area contributed by atoms with Crippen molar-refractivity contribution < 1.29 is 4.79 Å². The van der Waals surface area contributed by atoms with Crippen molar-refractivity contribution in [3.8, 4) is 0 Å². The van der Waals surface area contributed by atoms with Gasteiger partial charge < -0.3 is 4.90 Å². The van der Waals surface area contributed by atoms with E-state index in [1.165, 1.54) is 37.7 Å². The fraction of sp³-hybridized carbons (Fsp3) is 0.458. The standard InChI is InChI=1S/C24H31NO/c1-2-22(18-20-12-6-3-7-13-20)24(26)25(23-16-10-5-11-17-23)19-21-14-8-4-9-15-21/h4-5,8-11,14-17,20,22H,2-3,6-7,12-13,18-19H2,1H3/t22-/m0/s1. The van der Waals surface area contributed by atoms with Gasteiger partial charge in [0.05, 0.1) is 6.54 Å². The minimum atomic E-state index is 0.127. The molecule has 0 unspecified atom stereocenters. The maximum Gasteiger partial charge on any atom is 0.230 e. The molecule has 0 N–H and O–H groups in total. The Bertz CT molecular complexity index is 661. The summed E-state index contributed by atoms with van der Waals surface area (Å²) < 4.78 is 0. The van der Waals surface area contributed by atoms with E-state index in [1.54, 1.807) is 0 Å². The van der Waals surface area contributed by atoms with Crippen LogP contribution in [0.5, 0.6) is 0 Å². The van der Waals surface area contributed by atoms with Crippen LogP contribution in [0.25, 0.3) is 0 Å². The zero-order valence-electron chi connectivity index (χ0n) is 15.9. The van der Waals surface area contributed by atoms with Crippen molar-refractivity contribution in [1.82, 2.24) is 0 Å². The quantitative estimate of drug-likeness (QED) is 0.581. The van der Waals surface area contributed by atoms with Crippen LogP contribution >= 0.6 is 0 Å². The molecule has 1 atom stereocenters. The van der Waals surface area contributed by atoms with Crippen molar-refractivity contribution in [3.63, 3.8) is 0 Å². The largest absolute Gasteiger partial charge is 0.308 e.